The Morgan fingerprint density at radius 3 is 2.84 bits per heavy atom. The number of hydrogen-bond acceptors (Lipinski definition) is 2. The number of aromatic carboxylic acids is 1. The molecule has 4 nitrogen and oxygen atoms in total. The largest absolute Gasteiger partial charge is 0.477 e. The highest BCUT2D eigenvalue weighted by molar-refractivity contribution is 9.10. The number of ether oxygens (including phenoxy) is 1. The SMILES string of the molecule is CCC1(CC)CC(n2cc(Br)cc2C(=O)O)CCO1. The number of carboxylic acids is 1. The van der Waals surface area contributed by atoms with Gasteiger partial charge in [-0.25, -0.2) is 4.79 Å². The number of carboxylic acid groups (broad SMARTS) is 1. The molecular weight excluding hydrogens is 310 g/mol. The van der Waals surface area contributed by atoms with Gasteiger partial charge in [-0.3, -0.25) is 0 Å². The van der Waals surface area contributed by atoms with Crippen molar-refractivity contribution in [2.75, 3.05) is 6.61 Å². The van der Waals surface area contributed by atoms with E-state index in [1.54, 1.807) is 6.07 Å². The number of nitrogens with zero attached hydrogens (tertiary/aromatic N) is 1. The lowest BCUT2D eigenvalue weighted by molar-refractivity contribution is -0.0989. The van der Waals surface area contributed by atoms with E-state index in [1.165, 1.54) is 0 Å². The van der Waals surface area contributed by atoms with E-state index in [2.05, 4.69) is 29.8 Å². The predicted molar refractivity (Wildman–Crippen MR) is 76.6 cm³/mol. The molecule has 19 heavy (non-hydrogen) atoms. The molecule has 0 aliphatic carbocycles. The second-order valence-corrected chi connectivity index (χ2v) is 6.06. The summed E-state index contributed by atoms with van der Waals surface area (Å²) in [5.74, 6) is -0.879. The van der Waals surface area contributed by atoms with Gasteiger partial charge in [0.15, 0.2) is 0 Å². The Hall–Kier alpha value is -0.810. The Balaban J connectivity index is 2.29. The minimum Gasteiger partial charge on any atom is -0.477 e. The second kappa shape index (κ2) is 5.67. The van der Waals surface area contributed by atoms with Gasteiger partial charge < -0.3 is 14.4 Å². The van der Waals surface area contributed by atoms with Crippen LogP contribution in [0.5, 0.6) is 0 Å². The van der Waals surface area contributed by atoms with E-state index in [0.29, 0.717) is 12.3 Å². The predicted octanol–water partition coefficient (Wildman–Crippen LogP) is 3.86. The Morgan fingerprint density at radius 1 is 1.58 bits per heavy atom. The third-order valence-corrected chi connectivity index (χ3v) is 4.62. The molecule has 1 N–H and O–H groups in total. The van der Waals surface area contributed by atoms with E-state index >= 15 is 0 Å². The molecule has 106 valence electrons. The molecule has 0 aromatic carbocycles. The molecule has 1 atom stereocenters. The Labute approximate surface area is 121 Å². The zero-order valence-electron chi connectivity index (χ0n) is 11.4. The molecule has 1 aromatic heterocycles. The molecule has 1 aliphatic heterocycles. The van der Waals surface area contributed by atoms with Crippen LogP contribution in [0.2, 0.25) is 0 Å². The van der Waals surface area contributed by atoms with E-state index in [-0.39, 0.29) is 11.6 Å². The fraction of sp³-hybridized carbons (Fsp3) is 0.643. The van der Waals surface area contributed by atoms with E-state index in [0.717, 1.165) is 30.2 Å². The summed E-state index contributed by atoms with van der Waals surface area (Å²) in [4.78, 5) is 11.3. The number of rotatable bonds is 4. The third kappa shape index (κ3) is 2.87. The first-order chi connectivity index (χ1) is 9.01. The van der Waals surface area contributed by atoms with Crippen LogP contribution in [0.1, 0.15) is 56.1 Å². The second-order valence-electron chi connectivity index (χ2n) is 5.14. The minimum atomic E-state index is -0.879. The molecule has 5 heteroatoms. The van der Waals surface area contributed by atoms with E-state index in [9.17, 15) is 9.90 Å². The summed E-state index contributed by atoms with van der Waals surface area (Å²) in [5, 5.41) is 9.28. The zero-order chi connectivity index (χ0) is 14.0. The van der Waals surface area contributed by atoms with Crippen LogP contribution >= 0.6 is 15.9 Å². The van der Waals surface area contributed by atoms with E-state index in [1.807, 2.05) is 10.8 Å². The molecule has 0 bridgehead atoms. The molecule has 0 radical (unpaired) electrons. The van der Waals surface area contributed by atoms with Crippen LogP contribution in [0.3, 0.4) is 0 Å². The molecule has 2 heterocycles. The van der Waals surface area contributed by atoms with Crippen LogP contribution in [-0.4, -0.2) is 27.9 Å². The van der Waals surface area contributed by atoms with Gasteiger partial charge >= 0.3 is 5.97 Å². The van der Waals surface area contributed by atoms with Crippen molar-refractivity contribution in [3.05, 3.63) is 22.4 Å². The zero-order valence-corrected chi connectivity index (χ0v) is 12.9. The van der Waals surface area contributed by atoms with Gasteiger partial charge in [-0.2, -0.15) is 0 Å². The van der Waals surface area contributed by atoms with Gasteiger partial charge in [0.1, 0.15) is 5.69 Å². The number of halogens is 1. The van der Waals surface area contributed by atoms with Crippen LogP contribution in [0.4, 0.5) is 0 Å². The molecule has 1 unspecified atom stereocenters. The van der Waals surface area contributed by atoms with Gasteiger partial charge in [0.05, 0.1) is 5.60 Å². The van der Waals surface area contributed by atoms with Crippen molar-refractivity contribution in [1.82, 2.24) is 4.57 Å². The smallest absolute Gasteiger partial charge is 0.352 e. The maximum absolute atomic E-state index is 11.3. The fourth-order valence-electron chi connectivity index (χ4n) is 2.90. The van der Waals surface area contributed by atoms with Crippen molar-refractivity contribution in [2.24, 2.45) is 0 Å². The molecule has 1 aliphatic rings. The summed E-state index contributed by atoms with van der Waals surface area (Å²) in [6, 6.07) is 1.86. The van der Waals surface area contributed by atoms with Crippen molar-refractivity contribution in [2.45, 2.75) is 51.2 Å². The molecule has 0 spiro atoms. The van der Waals surface area contributed by atoms with Gasteiger partial charge in [-0.15, -0.1) is 0 Å². The molecule has 1 fully saturated rings. The summed E-state index contributed by atoms with van der Waals surface area (Å²) in [6.45, 7) is 4.96. The summed E-state index contributed by atoms with van der Waals surface area (Å²) in [6.07, 6.45) is 5.54. The average Bonchev–Trinajstić information content (AvgIpc) is 2.81. The Bertz CT molecular complexity index is 465. The molecule has 1 saturated heterocycles. The summed E-state index contributed by atoms with van der Waals surface area (Å²) in [5.41, 5.74) is 0.245. The Morgan fingerprint density at radius 2 is 2.26 bits per heavy atom. The summed E-state index contributed by atoms with van der Waals surface area (Å²) >= 11 is 3.37. The van der Waals surface area contributed by atoms with Gasteiger partial charge in [0.25, 0.3) is 0 Å². The maximum Gasteiger partial charge on any atom is 0.352 e. The first-order valence-corrected chi connectivity index (χ1v) is 7.55. The van der Waals surface area contributed by atoms with Crippen molar-refractivity contribution in [3.8, 4) is 0 Å². The first-order valence-electron chi connectivity index (χ1n) is 6.76. The first kappa shape index (κ1) is 14.6. The van der Waals surface area contributed by atoms with E-state index < -0.39 is 5.97 Å². The van der Waals surface area contributed by atoms with Crippen molar-refractivity contribution in [1.29, 1.82) is 0 Å². The Kier molecular flexibility index (Phi) is 4.36. The highest BCUT2D eigenvalue weighted by atomic mass is 79.9. The van der Waals surface area contributed by atoms with Crippen LogP contribution in [0.15, 0.2) is 16.7 Å². The standard InChI is InChI=1S/C14H20BrNO3/c1-3-14(4-2)8-11(5-6-19-14)16-9-10(15)7-12(16)13(17)18/h7,9,11H,3-6,8H2,1-2H3,(H,17,18). The lowest BCUT2D eigenvalue weighted by atomic mass is 9.85. The molecule has 0 amide bonds. The average molecular weight is 330 g/mol. The van der Waals surface area contributed by atoms with Crippen LogP contribution in [0, 0.1) is 0 Å². The molecule has 0 saturated carbocycles. The van der Waals surface area contributed by atoms with Gasteiger partial charge in [0.2, 0.25) is 0 Å². The topological polar surface area (TPSA) is 51.5 Å². The lowest BCUT2D eigenvalue weighted by Gasteiger charge is -2.40. The quantitative estimate of drug-likeness (QED) is 0.912. The van der Waals surface area contributed by atoms with Crippen molar-refractivity contribution in [3.63, 3.8) is 0 Å². The van der Waals surface area contributed by atoms with Crippen molar-refractivity contribution < 1.29 is 14.6 Å². The van der Waals surface area contributed by atoms with E-state index in [4.69, 9.17) is 4.74 Å². The number of carbonyl (C=O) groups is 1. The van der Waals surface area contributed by atoms with Crippen LogP contribution in [0.25, 0.3) is 0 Å². The minimum absolute atomic E-state index is 0.102. The lowest BCUT2D eigenvalue weighted by Crippen LogP contribution is -2.39. The molecular formula is C14H20BrNO3. The van der Waals surface area contributed by atoms with Gasteiger partial charge in [0, 0.05) is 23.3 Å². The van der Waals surface area contributed by atoms with Gasteiger partial charge in [-0.1, -0.05) is 13.8 Å². The molecule has 1 aromatic rings. The maximum atomic E-state index is 11.3. The monoisotopic (exact) mass is 329 g/mol. The highest BCUT2D eigenvalue weighted by Crippen LogP contribution is 2.38. The fourth-order valence-corrected chi connectivity index (χ4v) is 3.34. The summed E-state index contributed by atoms with van der Waals surface area (Å²) < 4.78 is 8.65. The molecule has 2 rings (SSSR count). The normalized spacial score (nSPS) is 22.4. The highest BCUT2D eigenvalue weighted by Gasteiger charge is 2.36. The third-order valence-electron chi connectivity index (χ3n) is 4.18. The van der Waals surface area contributed by atoms with Gasteiger partial charge in [-0.05, 0) is 47.7 Å². The number of aromatic nitrogens is 1. The van der Waals surface area contributed by atoms with Crippen molar-refractivity contribution >= 4 is 21.9 Å². The van der Waals surface area contributed by atoms with Crippen LogP contribution < -0.4 is 0 Å². The summed E-state index contributed by atoms with van der Waals surface area (Å²) in [7, 11) is 0. The van der Waals surface area contributed by atoms with Crippen LogP contribution in [-0.2, 0) is 4.74 Å². The number of hydrogen-bond donors (Lipinski definition) is 1.